The summed E-state index contributed by atoms with van der Waals surface area (Å²) in [5.74, 6) is 0.687. The third-order valence-electron chi connectivity index (χ3n) is 11.0. The molecule has 0 amide bonds. The number of allylic oxidation sites excluding steroid dienone is 8. The standard InChI is InChI=1S/C48H33N3O/c1-2-11-30(12-3-1)31-21-23-33(24-22-31)46-39-16-6-8-19-41(39)49-48(50-46)51-42-27-26-34(29-40(42)45-35-14-5-4-13-32(35)25-28-43(45)51)36-17-10-18-38-37-15-7-9-20-44(37)52-47(36)38/h1-2,4-11,13-21,23,25-29H,3,12,22,24H2. The second kappa shape index (κ2) is 11.5. The Labute approximate surface area is 300 Å². The Balaban J connectivity index is 1.15. The molecule has 52 heavy (non-hydrogen) atoms. The molecule has 0 bridgehead atoms. The van der Waals surface area contributed by atoms with Crippen LogP contribution in [0.5, 0.6) is 0 Å². The summed E-state index contributed by atoms with van der Waals surface area (Å²) >= 11 is 0. The maximum atomic E-state index is 6.49. The van der Waals surface area contributed by atoms with Crippen LogP contribution < -0.4 is 0 Å². The van der Waals surface area contributed by atoms with Gasteiger partial charge < -0.3 is 4.42 Å². The lowest BCUT2D eigenvalue weighted by atomic mass is 9.88. The van der Waals surface area contributed by atoms with Gasteiger partial charge in [0.25, 0.3) is 0 Å². The first-order valence-electron chi connectivity index (χ1n) is 18.2. The van der Waals surface area contributed by atoms with Crippen molar-refractivity contribution < 1.29 is 4.42 Å². The highest BCUT2D eigenvalue weighted by atomic mass is 16.3. The zero-order valence-corrected chi connectivity index (χ0v) is 28.5. The van der Waals surface area contributed by atoms with Crippen molar-refractivity contribution in [3.8, 4) is 17.1 Å². The number of aromatic nitrogens is 3. The Morgan fingerprint density at radius 2 is 1.33 bits per heavy atom. The molecule has 0 fully saturated rings. The summed E-state index contributed by atoms with van der Waals surface area (Å²) in [7, 11) is 0. The van der Waals surface area contributed by atoms with E-state index in [9.17, 15) is 0 Å². The number of nitrogens with zero attached hydrogens (tertiary/aromatic N) is 3. The monoisotopic (exact) mass is 667 g/mol. The van der Waals surface area contributed by atoms with Crippen LogP contribution in [-0.2, 0) is 0 Å². The lowest BCUT2D eigenvalue weighted by Crippen LogP contribution is -2.06. The Morgan fingerprint density at radius 3 is 2.21 bits per heavy atom. The van der Waals surface area contributed by atoms with Crippen LogP contribution >= 0.6 is 0 Å². The van der Waals surface area contributed by atoms with E-state index < -0.39 is 0 Å². The van der Waals surface area contributed by atoms with Gasteiger partial charge in [-0.05, 0) is 89.1 Å². The van der Waals surface area contributed by atoms with Crippen LogP contribution in [0.25, 0.3) is 88.1 Å². The van der Waals surface area contributed by atoms with Gasteiger partial charge in [0.2, 0.25) is 5.95 Å². The normalized spacial score (nSPS) is 14.9. The van der Waals surface area contributed by atoms with Crippen LogP contribution in [0.1, 0.15) is 31.4 Å². The van der Waals surface area contributed by atoms with Gasteiger partial charge in [0.1, 0.15) is 11.2 Å². The summed E-state index contributed by atoms with van der Waals surface area (Å²) in [6.07, 6.45) is 15.5. The van der Waals surface area contributed by atoms with E-state index in [0.29, 0.717) is 5.95 Å². The van der Waals surface area contributed by atoms with E-state index in [1.54, 1.807) is 0 Å². The molecule has 0 atom stereocenters. The first kappa shape index (κ1) is 29.2. The molecule has 0 N–H and O–H groups in total. The fourth-order valence-electron chi connectivity index (χ4n) is 8.53. The second-order valence-electron chi connectivity index (χ2n) is 14.0. The van der Waals surface area contributed by atoms with Crippen LogP contribution in [-0.4, -0.2) is 14.5 Å². The molecule has 3 heterocycles. The van der Waals surface area contributed by atoms with E-state index in [-0.39, 0.29) is 0 Å². The predicted octanol–water partition coefficient (Wildman–Crippen LogP) is 12.8. The van der Waals surface area contributed by atoms with Crippen molar-refractivity contribution in [1.82, 2.24) is 14.5 Å². The SMILES string of the molecule is C1=CCCC(C2=CC=C(c3nc(-n4c5ccc(-c6cccc7c6oc6ccccc67)cc5c5c6ccccc6ccc54)nc4ccccc34)CC2)=C1. The van der Waals surface area contributed by atoms with E-state index in [1.807, 2.05) is 12.1 Å². The Kier molecular flexibility index (Phi) is 6.47. The third kappa shape index (κ3) is 4.47. The fourth-order valence-corrected chi connectivity index (χ4v) is 8.53. The summed E-state index contributed by atoms with van der Waals surface area (Å²) in [5, 5.41) is 8.13. The van der Waals surface area contributed by atoms with Crippen LogP contribution in [0, 0.1) is 0 Å². The van der Waals surface area contributed by atoms with Gasteiger partial charge in [0.15, 0.2) is 0 Å². The minimum Gasteiger partial charge on any atom is -0.455 e. The second-order valence-corrected chi connectivity index (χ2v) is 14.0. The lowest BCUT2D eigenvalue weighted by Gasteiger charge is -2.19. The highest BCUT2D eigenvalue weighted by Gasteiger charge is 2.22. The number of hydrogen-bond donors (Lipinski definition) is 0. The summed E-state index contributed by atoms with van der Waals surface area (Å²) in [6, 6.07) is 43.1. The summed E-state index contributed by atoms with van der Waals surface area (Å²) in [5.41, 5.74) is 12.3. The van der Waals surface area contributed by atoms with Gasteiger partial charge >= 0.3 is 0 Å². The van der Waals surface area contributed by atoms with Gasteiger partial charge in [-0.1, -0.05) is 121 Å². The molecule has 0 radical (unpaired) electrons. The average molecular weight is 668 g/mol. The highest BCUT2D eigenvalue weighted by Crippen LogP contribution is 2.42. The number of benzene rings is 6. The Morgan fingerprint density at radius 1 is 0.558 bits per heavy atom. The molecular formula is C48H33N3O. The minimum absolute atomic E-state index is 0.687. The molecular weight excluding hydrogens is 635 g/mol. The van der Waals surface area contributed by atoms with Gasteiger partial charge in [-0.2, -0.15) is 0 Å². The molecule has 0 spiro atoms. The molecule has 0 unspecified atom stereocenters. The first-order chi connectivity index (χ1) is 25.8. The van der Waals surface area contributed by atoms with E-state index >= 15 is 0 Å². The molecule has 2 aliphatic rings. The van der Waals surface area contributed by atoms with E-state index in [0.717, 1.165) is 91.8 Å². The zero-order chi connectivity index (χ0) is 34.2. The van der Waals surface area contributed by atoms with E-state index in [2.05, 4.69) is 144 Å². The molecule has 6 aromatic carbocycles. The Hall–Kier alpha value is -6.52. The van der Waals surface area contributed by atoms with Crippen LogP contribution in [0.3, 0.4) is 0 Å². The molecule has 2 aliphatic carbocycles. The maximum Gasteiger partial charge on any atom is 0.235 e. The summed E-state index contributed by atoms with van der Waals surface area (Å²) in [6.45, 7) is 0. The lowest BCUT2D eigenvalue weighted by molar-refractivity contribution is 0.670. The van der Waals surface area contributed by atoms with Gasteiger partial charge in [-0.15, -0.1) is 0 Å². The third-order valence-corrected chi connectivity index (χ3v) is 11.0. The summed E-state index contributed by atoms with van der Waals surface area (Å²) in [4.78, 5) is 10.7. The van der Waals surface area contributed by atoms with Crippen molar-refractivity contribution in [3.05, 3.63) is 169 Å². The van der Waals surface area contributed by atoms with Crippen LogP contribution in [0.2, 0.25) is 0 Å². The molecule has 246 valence electrons. The van der Waals surface area contributed by atoms with E-state index in [1.165, 1.54) is 32.9 Å². The molecule has 9 aromatic rings. The largest absolute Gasteiger partial charge is 0.455 e. The van der Waals surface area contributed by atoms with Gasteiger partial charge in [0.05, 0.1) is 22.2 Å². The van der Waals surface area contributed by atoms with Gasteiger partial charge in [-0.3, -0.25) is 4.57 Å². The van der Waals surface area contributed by atoms with Crippen LogP contribution in [0.15, 0.2) is 167 Å². The number of para-hydroxylation sites is 3. The average Bonchev–Trinajstić information content (AvgIpc) is 3.77. The Bertz CT molecular complexity index is 3080. The molecule has 3 aromatic heterocycles. The number of fused-ring (bicyclic) bond motifs is 9. The minimum atomic E-state index is 0.687. The molecule has 11 rings (SSSR count). The number of rotatable bonds is 4. The molecule has 0 saturated carbocycles. The summed E-state index contributed by atoms with van der Waals surface area (Å²) < 4.78 is 8.76. The van der Waals surface area contributed by atoms with Crippen molar-refractivity contribution in [1.29, 1.82) is 0 Å². The van der Waals surface area contributed by atoms with Crippen molar-refractivity contribution in [3.63, 3.8) is 0 Å². The maximum absolute atomic E-state index is 6.49. The van der Waals surface area contributed by atoms with Crippen LogP contribution in [0.4, 0.5) is 0 Å². The molecule has 0 saturated heterocycles. The van der Waals surface area contributed by atoms with Crippen molar-refractivity contribution in [2.24, 2.45) is 0 Å². The fraction of sp³-hybridized carbons (Fsp3) is 0.0833. The molecule has 4 heteroatoms. The van der Waals surface area contributed by atoms with Crippen molar-refractivity contribution in [2.45, 2.75) is 25.7 Å². The quantitative estimate of drug-likeness (QED) is 0.188. The predicted molar refractivity (Wildman–Crippen MR) is 216 cm³/mol. The van der Waals surface area contributed by atoms with Gasteiger partial charge in [0, 0.05) is 32.5 Å². The van der Waals surface area contributed by atoms with E-state index in [4.69, 9.17) is 14.4 Å². The number of furan rings is 1. The molecule has 4 nitrogen and oxygen atoms in total. The topological polar surface area (TPSA) is 43.9 Å². The van der Waals surface area contributed by atoms with Gasteiger partial charge in [-0.25, -0.2) is 9.97 Å². The first-order valence-corrected chi connectivity index (χ1v) is 18.2. The highest BCUT2D eigenvalue weighted by molar-refractivity contribution is 6.22. The van der Waals surface area contributed by atoms with Crippen molar-refractivity contribution in [2.75, 3.05) is 0 Å². The smallest absolute Gasteiger partial charge is 0.235 e. The zero-order valence-electron chi connectivity index (χ0n) is 28.5. The number of hydrogen-bond acceptors (Lipinski definition) is 3. The molecule has 0 aliphatic heterocycles. The van der Waals surface area contributed by atoms with Crippen molar-refractivity contribution >= 4 is 71.0 Å².